The van der Waals surface area contributed by atoms with Crippen LogP contribution in [0.1, 0.15) is 21.7 Å². The van der Waals surface area contributed by atoms with Gasteiger partial charge in [0.25, 0.3) is 11.5 Å². The van der Waals surface area contributed by atoms with Gasteiger partial charge in [0.05, 0.1) is 18.6 Å². The van der Waals surface area contributed by atoms with Gasteiger partial charge in [-0.3, -0.25) is 14.6 Å². The Morgan fingerprint density at radius 3 is 2.88 bits per heavy atom. The molecule has 2 aromatic heterocycles. The van der Waals surface area contributed by atoms with Crippen molar-refractivity contribution in [2.75, 3.05) is 6.54 Å². The molecule has 120 valence electrons. The van der Waals surface area contributed by atoms with E-state index in [1.165, 1.54) is 10.9 Å². The second-order valence-corrected chi connectivity index (χ2v) is 5.94. The van der Waals surface area contributed by atoms with Crippen LogP contribution in [0.15, 0.2) is 47.7 Å². The number of rotatable bonds is 1. The fourth-order valence-corrected chi connectivity index (χ4v) is 3.13. The molecule has 0 atom stereocenters. The number of carbonyl (C=O) groups is 1. The van der Waals surface area contributed by atoms with Crippen LogP contribution in [-0.2, 0) is 20.0 Å². The summed E-state index contributed by atoms with van der Waals surface area (Å²) < 4.78 is 1.47. The standard InChI is InChI=1S/C18H16N4O2/c1-21-11-20-15-10-22(9-7-14(15)17(21)23)18(24)16-13-5-3-2-4-12(13)6-8-19-16/h2-6,8,11H,7,9-10H2,1H3. The molecule has 0 radical (unpaired) electrons. The van der Waals surface area contributed by atoms with Gasteiger partial charge < -0.3 is 9.47 Å². The van der Waals surface area contributed by atoms with Crippen LogP contribution in [-0.4, -0.2) is 31.9 Å². The lowest BCUT2D eigenvalue weighted by atomic mass is 10.0. The molecule has 0 N–H and O–H groups in total. The summed E-state index contributed by atoms with van der Waals surface area (Å²) in [7, 11) is 1.69. The highest BCUT2D eigenvalue weighted by Crippen LogP contribution is 2.21. The molecule has 0 saturated carbocycles. The average Bonchev–Trinajstić information content (AvgIpc) is 2.63. The zero-order valence-electron chi connectivity index (χ0n) is 13.3. The van der Waals surface area contributed by atoms with Crippen LogP contribution in [0.4, 0.5) is 0 Å². The minimum atomic E-state index is -0.125. The monoisotopic (exact) mass is 320 g/mol. The molecule has 0 bridgehead atoms. The van der Waals surface area contributed by atoms with E-state index in [0.717, 1.165) is 10.8 Å². The van der Waals surface area contributed by atoms with E-state index >= 15 is 0 Å². The number of hydrogen-bond acceptors (Lipinski definition) is 4. The van der Waals surface area contributed by atoms with Gasteiger partial charge in [-0.15, -0.1) is 0 Å². The van der Waals surface area contributed by atoms with Crippen LogP contribution in [0.5, 0.6) is 0 Å². The Labute approximate surface area is 138 Å². The highest BCUT2D eigenvalue weighted by molar-refractivity contribution is 6.05. The molecule has 6 heteroatoms. The van der Waals surface area contributed by atoms with E-state index < -0.39 is 0 Å². The van der Waals surface area contributed by atoms with Crippen molar-refractivity contribution in [3.05, 3.63) is 70.2 Å². The Balaban J connectivity index is 1.71. The van der Waals surface area contributed by atoms with Gasteiger partial charge in [0.1, 0.15) is 5.69 Å². The third-order valence-electron chi connectivity index (χ3n) is 4.45. The van der Waals surface area contributed by atoms with Gasteiger partial charge >= 0.3 is 0 Å². The van der Waals surface area contributed by atoms with E-state index in [-0.39, 0.29) is 11.5 Å². The molecule has 3 aromatic rings. The smallest absolute Gasteiger partial charge is 0.273 e. The lowest BCUT2D eigenvalue weighted by Gasteiger charge is -2.27. The van der Waals surface area contributed by atoms with Gasteiger partial charge in [-0.2, -0.15) is 0 Å². The second-order valence-electron chi connectivity index (χ2n) is 5.94. The van der Waals surface area contributed by atoms with Crippen molar-refractivity contribution < 1.29 is 4.79 Å². The lowest BCUT2D eigenvalue weighted by Crippen LogP contribution is -2.40. The maximum atomic E-state index is 12.9. The Morgan fingerprint density at radius 2 is 2.00 bits per heavy atom. The van der Waals surface area contributed by atoms with Gasteiger partial charge in [-0.25, -0.2) is 4.98 Å². The average molecular weight is 320 g/mol. The van der Waals surface area contributed by atoms with Crippen LogP contribution < -0.4 is 5.56 Å². The first-order valence-electron chi connectivity index (χ1n) is 7.81. The molecule has 6 nitrogen and oxygen atoms in total. The number of fused-ring (bicyclic) bond motifs is 2. The number of pyridine rings is 1. The minimum absolute atomic E-state index is 0.0321. The van der Waals surface area contributed by atoms with Gasteiger partial charge in [-0.1, -0.05) is 24.3 Å². The summed E-state index contributed by atoms with van der Waals surface area (Å²) >= 11 is 0. The number of benzene rings is 1. The summed E-state index contributed by atoms with van der Waals surface area (Å²) in [6.07, 6.45) is 3.68. The van der Waals surface area contributed by atoms with Gasteiger partial charge in [0, 0.05) is 30.7 Å². The second kappa shape index (κ2) is 5.56. The molecule has 1 aliphatic heterocycles. The largest absolute Gasteiger partial charge is 0.331 e. The van der Waals surface area contributed by atoms with E-state index in [2.05, 4.69) is 9.97 Å². The number of nitrogens with zero attached hydrogens (tertiary/aromatic N) is 4. The summed E-state index contributed by atoms with van der Waals surface area (Å²) in [6, 6.07) is 9.60. The molecule has 4 rings (SSSR count). The van der Waals surface area contributed by atoms with E-state index in [1.807, 2.05) is 30.3 Å². The maximum Gasteiger partial charge on any atom is 0.273 e. The maximum absolute atomic E-state index is 12.9. The summed E-state index contributed by atoms with van der Waals surface area (Å²) in [5, 5.41) is 1.83. The first-order chi connectivity index (χ1) is 11.6. The van der Waals surface area contributed by atoms with Crippen LogP contribution in [0, 0.1) is 0 Å². The van der Waals surface area contributed by atoms with E-state index in [9.17, 15) is 9.59 Å². The van der Waals surface area contributed by atoms with Crippen molar-refractivity contribution in [2.45, 2.75) is 13.0 Å². The Kier molecular flexibility index (Phi) is 3.37. The number of aryl methyl sites for hydroxylation is 1. The van der Waals surface area contributed by atoms with Crippen molar-refractivity contribution in [1.29, 1.82) is 0 Å². The van der Waals surface area contributed by atoms with Crippen LogP contribution in [0.25, 0.3) is 10.8 Å². The quantitative estimate of drug-likeness (QED) is 0.682. The van der Waals surface area contributed by atoms with Crippen molar-refractivity contribution in [1.82, 2.24) is 19.4 Å². The van der Waals surface area contributed by atoms with Gasteiger partial charge in [-0.05, 0) is 17.9 Å². The van der Waals surface area contributed by atoms with E-state index in [4.69, 9.17) is 0 Å². The molecule has 0 unspecified atom stereocenters. The first-order valence-corrected chi connectivity index (χ1v) is 7.81. The Hall–Kier alpha value is -3.02. The molecule has 1 aromatic carbocycles. The zero-order valence-corrected chi connectivity index (χ0v) is 13.3. The molecule has 0 saturated heterocycles. The lowest BCUT2D eigenvalue weighted by molar-refractivity contribution is 0.0727. The first kappa shape index (κ1) is 14.6. The molecule has 1 amide bonds. The van der Waals surface area contributed by atoms with Crippen LogP contribution >= 0.6 is 0 Å². The molecular formula is C18H16N4O2. The SMILES string of the molecule is Cn1cnc2c(c1=O)CCN(C(=O)c1nccc3ccccc13)C2. The summed E-state index contributed by atoms with van der Waals surface area (Å²) in [6.45, 7) is 0.840. The highest BCUT2D eigenvalue weighted by Gasteiger charge is 2.26. The number of hydrogen-bond donors (Lipinski definition) is 0. The molecule has 24 heavy (non-hydrogen) atoms. The van der Waals surface area contributed by atoms with Gasteiger partial charge in [0.15, 0.2) is 0 Å². The van der Waals surface area contributed by atoms with E-state index in [0.29, 0.717) is 36.5 Å². The molecule has 0 spiro atoms. The zero-order chi connectivity index (χ0) is 16.7. The van der Waals surface area contributed by atoms with Gasteiger partial charge in [0.2, 0.25) is 0 Å². The third kappa shape index (κ3) is 2.27. The predicted molar refractivity (Wildman–Crippen MR) is 89.7 cm³/mol. The van der Waals surface area contributed by atoms with Crippen molar-refractivity contribution >= 4 is 16.7 Å². The van der Waals surface area contributed by atoms with E-state index in [1.54, 1.807) is 18.1 Å². The number of amides is 1. The molecule has 0 aliphatic carbocycles. The highest BCUT2D eigenvalue weighted by atomic mass is 16.2. The minimum Gasteiger partial charge on any atom is -0.331 e. The summed E-state index contributed by atoms with van der Waals surface area (Å²) in [5.74, 6) is -0.125. The fourth-order valence-electron chi connectivity index (χ4n) is 3.13. The predicted octanol–water partition coefficient (Wildman–Crippen LogP) is 1.53. The Morgan fingerprint density at radius 1 is 1.17 bits per heavy atom. The number of carbonyl (C=O) groups excluding carboxylic acids is 1. The van der Waals surface area contributed by atoms with Crippen molar-refractivity contribution in [3.63, 3.8) is 0 Å². The Bertz CT molecular complexity index is 1000. The molecule has 3 heterocycles. The fraction of sp³-hybridized carbons (Fsp3) is 0.222. The van der Waals surface area contributed by atoms with Crippen molar-refractivity contribution in [2.24, 2.45) is 7.05 Å². The van der Waals surface area contributed by atoms with Crippen LogP contribution in [0.3, 0.4) is 0 Å². The third-order valence-corrected chi connectivity index (χ3v) is 4.45. The summed E-state index contributed by atoms with van der Waals surface area (Å²) in [5.41, 5.74) is 1.80. The molecule has 0 fully saturated rings. The normalized spacial score (nSPS) is 13.8. The number of aromatic nitrogens is 3. The van der Waals surface area contributed by atoms with Crippen molar-refractivity contribution in [3.8, 4) is 0 Å². The van der Waals surface area contributed by atoms with Crippen LogP contribution in [0.2, 0.25) is 0 Å². The molecular weight excluding hydrogens is 304 g/mol. The summed E-state index contributed by atoms with van der Waals surface area (Å²) in [4.78, 5) is 35.4. The molecule has 1 aliphatic rings. The topological polar surface area (TPSA) is 68.1 Å².